The molecule has 6 heteroatoms. The van der Waals surface area contributed by atoms with E-state index in [4.69, 9.17) is 0 Å². The molecule has 0 bridgehead atoms. The number of carbonyl (C=O) groups is 1. The van der Waals surface area contributed by atoms with E-state index in [0.717, 1.165) is 25.7 Å². The summed E-state index contributed by atoms with van der Waals surface area (Å²) < 4.78 is 1.52. The second-order valence-corrected chi connectivity index (χ2v) is 5.68. The summed E-state index contributed by atoms with van der Waals surface area (Å²) in [6.45, 7) is 3.94. The van der Waals surface area contributed by atoms with Crippen LogP contribution in [-0.4, -0.2) is 37.9 Å². The van der Waals surface area contributed by atoms with Crippen LogP contribution < -0.4 is 5.32 Å². The Morgan fingerprint density at radius 2 is 2.47 bits per heavy atom. The van der Waals surface area contributed by atoms with Gasteiger partial charge in [-0.1, -0.05) is 19.8 Å². The van der Waals surface area contributed by atoms with Gasteiger partial charge in [-0.3, -0.25) is 4.79 Å². The quantitative estimate of drug-likeness (QED) is 0.848. The Balaban J connectivity index is 2.03. The summed E-state index contributed by atoms with van der Waals surface area (Å²) in [5.41, 5.74) is -0.469. The third kappa shape index (κ3) is 3.12. The van der Waals surface area contributed by atoms with E-state index in [9.17, 15) is 9.90 Å². The molecule has 3 atom stereocenters. The molecule has 1 fully saturated rings. The van der Waals surface area contributed by atoms with E-state index in [0.29, 0.717) is 5.92 Å². The monoisotopic (exact) mass is 266 g/mol. The zero-order valence-electron chi connectivity index (χ0n) is 11.5. The fourth-order valence-corrected chi connectivity index (χ4v) is 2.86. The van der Waals surface area contributed by atoms with E-state index in [-0.39, 0.29) is 12.5 Å². The predicted molar refractivity (Wildman–Crippen MR) is 70.3 cm³/mol. The molecule has 1 aromatic heterocycles. The molecule has 19 heavy (non-hydrogen) atoms. The summed E-state index contributed by atoms with van der Waals surface area (Å²) in [7, 11) is 0. The van der Waals surface area contributed by atoms with Gasteiger partial charge in [-0.15, -0.1) is 0 Å². The van der Waals surface area contributed by atoms with Crippen molar-refractivity contribution in [3.63, 3.8) is 0 Å². The molecule has 0 aliphatic heterocycles. The summed E-state index contributed by atoms with van der Waals surface area (Å²) in [6.07, 6.45) is 6.81. The van der Waals surface area contributed by atoms with Crippen molar-refractivity contribution in [2.24, 2.45) is 5.92 Å². The fourth-order valence-electron chi connectivity index (χ4n) is 2.86. The minimum Gasteiger partial charge on any atom is -0.394 e. The number of hydrogen-bond acceptors (Lipinski definition) is 4. The SMILES string of the molecule is CC1CCCC(CO)(NC(=O)C(C)n2cncn2)C1. The number of amides is 1. The van der Waals surface area contributed by atoms with E-state index >= 15 is 0 Å². The van der Waals surface area contributed by atoms with Gasteiger partial charge < -0.3 is 10.4 Å². The molecule has 1 heterocycles. The Morgan fingerprint density at radius 3 is 3.05 bits per heavy atom. The first kappa shape index (κ1) is 14.0. The largest absolute Gasteiger partial charge is 0.394 e. The van der Waals surface area contributed by atoms with Gasteiger partial charge in [-0.25, -0.2) is 9.67 Å². The highest BCUT2D eigenvalue weighted by molar-refractivity contribution is 5.80. The van der Waals surface area contributed by atoms with Crippen molar-refractivity contribution < 1.29 is 9.90 Å². The molecular weight excluding hydrogens is 244 g/mol. The molecule has 1 aliphatic carbocycles. The summed E-state index contributed by atoms with van der Waals surface area (Å²) in [5, 5.41) is 16.7. The molecule has 0 saturated heterocycles. The van der Waals surface area contributed by atoms with Gasteiger partial charge in [0.05, 0.1) is 12.1 Å². The molecule has 2 N–H and O–H groups in total. The molecular formula is C13H22N4O2. The van der Waals surface area contributed by atoms with Crippen molar-refractivity contribution >= 4 is 5.91 Å². The van der Waals surface area contributed by atoms with Crippen LogP contribution >= 0.6 is 0 Å². The summed E-state index contributed by atoms with van der Waals surface area (Å²) in [5.74, 6) is 0.413. The highest BCUT2D eigenvalue weighted by atomic mass is 16.3. The smallest absolute Gasteiger partial charge is 0.245 e. The molecule has 3 unspecified atom stereocenters. The maximum Gasteiger partial charge on any atom is 0.245 e. The van der Waals surface area contributed by atoms with E-state index in [1.807, 2.05) is 0 Å². The van der Waals surface area contributed by atoms with Crippen molar-refractivity contribution in [1.82, 2.24) is 20.1 Å². The van der Waals surface area contributed by atoms with Gasteiger partial charge in [-0.05, 0) is 25.7 Å². The third-order valence-corrected chi connectivity index (χ3v) is 4.00. The van der Waals surface area contributed by atoms with Crippen molar-refractivity contribution in [2.75, 3.05) is 6.61 Å². The lowest BCUT2D eigenvalue weighted by atomic mass is 9.76. The number of rotatable bonds is 4. The number of aliphatic hydroxyl groups is 1. The van der Waals surface area contributed by atoms with Crippen LogP contribution in [0.3, 0.4) is 0 Å². The van der Waals surface area contributed by atoms with Crippen LogP contribution in [0.4, 0.5) is 0 Å². The molecule has 0 aromatic carbocycles. The minimum absolute atomic E-state index is 0.00679. The van der Waals surface area contributed by atoms with Crippen molar-refractivity contribution in [2.45, 2.75) is 51.1 Å². The number of nitrogens with zero attached hydrogens (tertiary/aromatic N) is 3. The van der Waals surface area contributed by atoms with Gasteiger partial charge in [0.15, 0.2) is 0 Å². The molecule has 1 amide bonds. The van der Waals surface area contributed by atoms with Gasteiger partial charge in [0.25, 0.3) is 0 Å². The number of hydrogen-bond donors (Lipinski definition) is 2. The Morgan fingerprint density at radius 1 is 1.68 bits per heavy atom. The highest BCUT2D eigenvalue weighted by Gasteiger charge is 2.36. The lowest BCUT2D eigenvalue weighted by molar-refractivity contribution is -0.127. The zero-order valence-corrected chi connectivity index (χ0v) is 11.5. The maximum atomic E-state index is 12.3. The molecule has 0 radical (unpaired) electrons. The average Bonchev–Trinajstić information content (AvgIpc) is 2.91. The molecule has 6 nitrogen and oxygen atoms in total. The van der Waals surface area contributed by atoms with Crippen LogP contribution in [0.25, 0.3) is 0 Å². The maximum absolute atomic E-state index is 12.3. The molecule has 106 valence electrons. The standard InChI is InChI=1S/C13H22N4O2/c1-10-4-3-5-13(6-10,7-18)16-12(19)11(2)17-9-14-8-15-17/h8-11,18H,3-7H2,1-2H3,(H,16,19). The van der Waals surface area contributed by atoms with Gasteiger partial charge in [0.2, 0.25) is 5.91 Å². The summed E-state index contributed by atoms with van der Waals surface area (Å²) in [4.78, 5) is 16.1. The van der Waals surface area contributed by atoms with Crippen LogP contribution in [0.2, 0.25) is 0 Å². The summed E-state index contributed by atoms with van der Waals surface area (Å²) >= 11 is 0. The Labute approximate surface area is 113 Å². The Bertz CT molecular complexity index is 420. The first-order valence-electron chi connectivity index (χ1n) is 6.83. The second-order valence-electron chi connectivity index (χ2n) is 5.68. The number of aromatic nitrogens is 3. The third-order valence-electron chi connectivity index (χ3n) is 4.00. The van der Waals surface area contributed by atoms with Crippen molar-refractivity contribution in [3.05, 3.63) is 12.7 Å². The van der Waals surface area contributed by atoms with Crippen LogP contribution in [0.5, 0.6) is 0 Å². The van der Waals surface area contributed by atoms with Crippen molar-refractivity contribution in [3.8, 4) is 0 Å². The van der Waals surface area contributed by atoms with Crippen LogP contribution in [0.1, 0.15) is 45.6 Å². The second kappa shape index (κ2) is 5.69. The van der Waals surface area contributed by atoms with Gasteiger partial charge in [0.1, 0.15) is 18.7 Å². The van der Waals surface area contributed by atoms with E-state index < -0.39 is 11.6 Å². The lowest BCUT2D eigenvalue weighted by Gasteiger charge is -2.40. The predicted octanol–water partition coefficient (Wildman–Crippen LogP) is 0.896. The number of aliphatic hydroxyl groups excluding tert-OH is 1. The minimum atomic E-state index is -0.469. The molecule has 1 aliphatic rings. The Kier molecular flexibility index (Phi) is 4.19. The van der Waals surface area contributed by atoms with Crippen molar-refractivity contribution in [1.29, 1.82) is 0 Å². The van der Waals surface area contributed by atoms with E-state index in [1.54, 1.807) is 6.92 Å². The Hall–Kier alpha value is -1.43. The highest BCUT2D eigenvalue weighted by Crippen LogP contribution is 2.32. The van der Waals surface area contributed by atoms with Gasteiger partial charge in [-0.2, -0.15) is 5.10 Å². The first-order valence-corrected chi connectivity index (χ1v) is 6.83. The number of carbonyl (C=O) groups excluding carboxylic acids is 1. The first-order chi connectivity index (χ1) is 9.06. The molecule has 1 aromatic rings. The van der Waals surface area contributed by atoms with Crippen LogP contribution in [0.15, 0.2) is 12.7 Å². The summed E-state index contributed by atoms with van der Waals surface area (Å²) in [6, 6.07) is -0.414. The molecule has 1 saturated carbocycles. The normalized spacial score (nSPS) is 28.9. The van der Waals surface area contributed by atoms with Crippen LogP contribution in [0, 0.1) is 5.92 Å². The van der Waals surface area contributed by atoms with E-state index in [1.165, 1.54) is 17.3 Å². The van der Waals surface area contributed by atoms with Gasteiger partial charge >= 0.3 is 0 Å². The van der Waals surface area contributed by atoms with Crippen LogP contribution in [-0.2, 0) is 4.79 Å². The fraction of sp³-hybridized carbons (Fsp3) is 0.769. The molecule has 0 spiro atoms. The van der Waals surface area contributed by atoms with E-state index in [2.05, 4.69) is 22.3 Å². The zero-order chi connectivity index (χ0) is 13.9. The average molecular weight is 266 g/mol. The lowest BCUT2D eigenvalue weighted by Crippen LogP contribution is -2.55. The van der Waals surface area contributed by atoms with Gasteiger partial charge in [0, 0.05) is 0 Å². The topological polar surface area (TPSA) is 80.0 Å². The molecule has 2 rings (SSSR count). The number of nitrogens with one attached hydrogen (secondary N) is 1.